The first-order chi connectivity index (χ1) is 12.7. The fourth-order valence-corrected chi connectivity index (χ4v) is 2.30. The van der Waals surface area contributed by atoms with E-state index in [1.807, 2.05) is 0 Å². The van der Waals surface area contributed by atoms with Gasteiger partial charge in [-0.15, -0.1) is 0 Å². The number of nitrogens with one attached hydrogen (secondary N) is 2. The molecule has 10 heteroatoms. The first-order valence-electron chi connectivity index (χ1n) is 7.61. The van der Waals surface area contributed by atoms with Crippen molar-refractivity contribution in [3.8, 4) is 0 Å². The molecule has 0 spiro atoms. The average molecular weight is 378 g/mol. The second-order valence-electron chi connectivity index (χ2n) is 5.53. The van der Waals surface area contributed by atoms with Crippen LogP contribution in [0, 0.1) is 0 Å². The summed E-state index contributed by atoms with van der Waals surface area (Å²) in [4.78, 5) is 24.0. The van der Waals surface area contributed by atoms with E-state index in [4.69, 9.17) is 4.42 Å². The zero-order chi connectivity index (χ0) is 19.6. The minimum atomic E-state index is -4.74. The molecule has 7 nitrogen and oxygen atoms in total. The number of anilines is 2. The summed E-state index contributed by atoms with van der Waals surface area (Å²) in [5.74, 6) is -1.27. The van der Waals surface area contributed by atoms with Crippen LogP contribution in [-0.2, 0) is 13.2 Å². The van der Waals surface area contributed by atoms with Gasteiger partial charge in [-0.1, -0.05) is 0 Å². The molecule has 0 fully saturated rings. The first-order valence-corrected chi connectivity index (χ1v) is 7.61. The lowest BCUT2D eigenvalue weighted by Gasteiger charge is -2.08. The molecule has 0 aliphatic rings. The molecule has 0 atom stereocenters. The molecule has 0 saturated carbocycles. The smallest absolute Gasteiger partial charge is 0.435 e. The molecule has 0 saturated heterocycles. The molecule has 3 aromatic rings. The van der Waals surface area contributed by atoms with Crippen molar-refractivity contribution >= 4 is 23.2 Å². The number of alkyl halides is 3. The van der Waals surface area contributed by atoms with Crippen LogP contribution in [0.5, 0.6) is 0 Å². The second kappa shape index (κ2) is 6.98. The Balaban J connectivity index is 1.70. The Morgan fingerprint density at radius 1 is 1.04 bits per heavy atom. The standard InChI is InChI=1S/C17H13F3N4O3/c1-24-9-12(14(23-24)17(18,19)20)15(25)21-10-4-6-11(7-5-10)22-16(26)13-3-2-8-27-13/h2-9H,1H3,(H,21,25)(H,22,26). The van der Waals surface area contributed by atoms with Gasteiger partial charge in [0.25, 0.3) is 11.8 Å². The number of halogens is 3. The topological polar surface area (TPSA) is 89.2 Å². The van der Waals surface area contributed by atoms with Crippen LogP contribution < -0.4 is 10.6 Å². The summed E-state index contributed by atoms with van der Waals surface area (Å²) in [7, 11) is 1.29. The lowest BCUT2D eigenvalue weighted by Crippen LogP contribution is -2.17. The van der Waals surface area contributed by atoms with Crippen molar-refractivity contribution < 1.29 is 27.2 Å². The Labute approximate surface area is 150 Å². The number of nitrogens with zero attached hydrogens (tertiary/aromatic N) is 2. The summed E-state index contributed by atoms with van der Waals surface area (Å²) < 4.78 is 44.7. The van der Waals surface area contributed by atoms with Crippen LogP contribution in [0.15, 0.2) is 53.3 Å². The van der Waals surface area contributed by atoms with Crippen molar-refractivity contribution in [2.75, 3.05) is 10.6 Å². The molecule has 140 valence electrons. The summed E-state index contributed by atoms with van der Waals surface area (Å²) >= 11 is 0. The van der Waals surface area contributed by atoms with Gasteiger partial charge in [-0.3, -0.25) is 14.3 Å². The molecule has 27 heavy (non-hydrogen) atoms. The maximum absolute atomic E-state index is 12.9. The van der Waals surface area contributed by atoms with Gasteiger partial charge in [0.15, 0.2) is 11.5 Å². The van der Waals surface area contributed by atoms with Crippen LogP contribution >= 0.6 is 0 Å². The van der Waals surface area contributed by atoms with Crippen molar-refractivity contribution in [1.82, 2.24) is 9.78 Å². The molecule has 0 bridgehead atoms. The third kappa shape index (κ3) is 4.17. The van der Waals surface area contributed by atoms with E-state index in [0.717, 1.165) is 10.9 Å². The van der Waals surface area contributed by atoms with Gasteiger partial charge in [0.2, 0.25) is 0 Å². The molecule has 0 aliphatic carbocycles. The van der Waals surface area contributed by atoms with E-state index < -0.39 is 29.2 Å². The molecule has 0 aliphatic heterocycles. The number of amides is 2. The zero-order valence-corrected chi connectivity index (χ0v) is 13.9. The molecule has 2 N–H and O–H groups in total. The van der Waals surface area contributed by atoms with Gasteiger partial charge in [0, 0.05) is 24.6 Å². The van der Waals surface area contributed by atoms with E-state index in [1.54, 1.807) is 6.07 Å². The summed E-state index contributed by atoms with van der Waals surface area (Å²) in [6, 6.07) is 8.94. The predicted molar refractivity (Wildman–Crippen MR) is 89.3 cm³/mol. The lowest BCUT2D eigenvalue weighted by molar-refractivity contribution is -0.141. The van der Waals surface area contributed by atoms with E-state index in [1.165, 1.54) is 43.6 Å². The van der Waals surface area contributed by atoms with Gasteiger partial charge >= 0.3 is 6.18 Å². The van der Waals surface area contributed by atoms with Crippen LogP contribution in [0.25, 0.3) is 0 Å². The minimum absolute atomic E-state index is 0.128. The normalized spacial score (nSPS) is 11.3. The molecule has 1 aromatic carbocycles. The van der Waals surface area contributed by atoms with Crippen LogP contribution in [0.3, 0.4) is 0 Å². The molecular formula is C17H13F3N4O3. The Kier molecular flexibility index (Phi) is 4.72. The highest BCUT2D eigenvalue weighted by Crippen LogP contribution is 2.31. The molecule has 3 rings (SSSR count). The van der Waals surface area contributed by atoms with Gasteiger partial charge in [-0.25, -0.2) is 0 Å². The predicted octanol–water partition coefficient (Wildman–Crippen LogP) is 3.54. The second-order valence-corrected chi connectivity index (χ2v) is 5.53. The summed E-state index contributed by atoms with van der Waals surface area (Å²) in [6.45, 7) is 0. The van der Waals surface area contributed by atoms with E-state index in [9.17, 15) is 22.8 Å². The van der Waals surface area contributed by atoms with Crippen molar-refractivity contribution in [3.63, 3.8) is 0 Å². The maximum atomic E-state index is 12.9. The van der Waals surface area contributed by atoms with E-state index in [-0.39, 0.29) is 11.4 Å². The zero-order valence-electron chi connectivity index (χ0n) is 13.9. The number of carbonyl (C=O) groups excluding carboxylic acids is 2. The van der Waals surface area contributed by atoms with Gasteiger partial charge < -0.3 is 15.1 Å². The molecule has 0 radical (unpaired) electrons. The molecule has 2 heterocycles. The third-order valence-electron chi connectivity index (χ3n) is 3.49. The van der Waals surface area contributed by atoms with Gasteiger partial charge in [0.05, 0.1) is 11.8 Å². The molecular weight excluding hydrogens is 365 g/mol. The number of rotatable bonds is 4. The highest BCUT2D eigenvalue weighted by molar-refractivity contribution is 6.05. The van der Waals surface area contributed by atoms with Crippen LogP contribution in [-0.4, -0.2) is 21.6 Å². The molecule has 2 aromatic heterocycles. The largest absolute Gasteiger partial charge is 0.459 e. The Morgan fingerprint density at radius 2 is 1.63 bits per heavy atom. The number of hydrogen-bond donors (Lipinski definition) is 2. The maximum Gasteiger partial charge on any atom is 0.435 e. The number of aryl methyl sites for hydroxylation is 1. The number of furan rings is 1. The molecule has 0 unspecified atom stereocenters. The summed E-state index contributed by atoms with van der Waals surface area (Å²) in [5.41, 5.74) is -1.16. The van der Waals surface area contributed by atoms with Crippen molar-refractivity contribution in [3.05, 3.63) is 65.9 Å². The first kappa shape index (κ1) is 18.2. The van der Waals surface area contributed by atoms with E-state index in [0.29, 0.717) is 5.69 Å². The summed E-state index contributed by atoms with van der Waals surface area (Å²) in [6.07, 6.45) is -2.38. The number of hydrogen-bond acceptors (Lipinski definition) is 4. The Morgan fingerprint density at radius 3 is 2.15 bits per heavy atom. The number of aromatic nitrogens is 2. The van der Waals surface area contributed by atoms with Crippen molar-refractivity contribution in [2.45, 2.75) is 6.18 Å². The van der Waals surface area contributed by atoms with E-state index in [2.05, 4.69) is 15.7 Å². The quantitative estimate of drug-likeness (QED) is 0.727. The monoisotopic (exact) mass is 378 g/mol. The fourth-order valence-electron chi connectivity index (χ4n) is 2.30. The summed E-state index contributed by atoms with van der Waals surface area (Å²) in [5, 5.41) is 8.24. The number of carbonyl (C=O) groups is 2. The van der Waals surface area contributed by atoms with Crippen molar-refractivity contribution in [2.24, 2.45) is 7.05 Å². The third-order valence-corrected chi connectivity index (χ3v) is 3.49. The van der Waals surface area contributed by atoms with Gasteiger partial charge in [-0.2, -0.15) is 18.3 Å². The van der Waals surface area contributed by atoms with Crippen LogP contribution in [0.2, 0.25) is 0 Å². The van der Waals surface area contributed by atoms with Gasteiger partial charge in [-0.05, 0) is 36.4 Å². The van der Waals surface area contributed by atoms with Crippen LogP contribution in [0.4, 0.5) is 24.5 Å². The highest BCUT2D eigenvalue weighted by atomic mass is 19.4. The van der Waals surface area contributed by atoms with Crippen molar-refractivity contribution in [1.29, 1.82) is 0 Å². The highest BCUT2D eigenvalue weighted by Gasteiger charge is 2.39. The lowest BCUT2D eigenvalue weighted by atomic mass is 10.2. The Bertz CT molecular complexity index is 960. The van der Waals surface area contributed by atoms with Crippen LogP contribution in [0.1, 0.15) is 26.6 Å². The van der Waals surface area contributed by atoms with Gasteiger partial charge in [0.1, 0.15) is 0 Å². The average Bonchev–Trinajstić information content (AvgIpc) is 3.25. The SMILES string of the molecule is Cn1cc(C(=O)Nc2ccc(NC(=O)c3ccco3)cc2)c(C(F)(F)F)n1. The Hall–Kier alpha value is -3.56. The minimum Gasteiger partial charge on any atom is -0.459 e. The fraction of sp³-hybridized carbons (Fsp3) is 0.118. The molecule has 2 amide bonds. The number of benzene rings is 1. The van der Waals surface area contributed by atoms with E-state index >= 15 is 0 Å².